The second-order valence-corrected chi connectivity index (χ2v) is 5.95. The van der Waals surface area contributed by atoms with Gasteiger partial charge in [0.1, 0.15) is 0 Å². The number of carbonyl (C=O) groups excluding carboxylic acids is 3. The number of aliphatic carboxylic acids is 1. The van der Waals surface area contributed by atoms with Crippen molar-refractivity contribution in [2.24, 2.45) is 0 Å². The van der Waals surface area contributed by atoms with Crippen molar-refractivity contribution < 1.29 is 29.0 Å². The number of esters is 1. The fourth-order valence-electron chi connectivity index (χ4n) is 2.21. The molecule has 0 aliphatic heterocycles. The molecule has 1 aromatic rings. The van der Waals surface area contributed by atoms with Crippen LogP contribution in [-0.2, 0) is 25.5 Å². The van der Waals surface area contributed by atoms with Gasteiger partial charge in [-0.05, 0) is 25.8 Å². The number of amides is 1. The number of carbonyl (C=O) groups is 4. The molecule has 0 fully saturated rings. The van der Waals surface area contributed by atoms with Gasteiger partial charge in [-0.25, -0.2) is 9.59 Å². The Balaban J connectivity index is 3.24. The summed E-state index contributed by atoms with van der Waals surface area (Å²) in [5, 5.41) is 11.9. The van der Waals surface area contributed by atoms with Crippen molar-refractivity contribution in [1.29, 1.82) is 0 Å². The van der Waals surface area contributed by atoms with Crippen molar-refractivity contribution >= 4 is 23.6 Å². The number of hydrogen-bond acceptors (Lipinski definition) is 5. The third-order valence-corrected chi connectivity index (χ3v) is 3.82. The molecule has 7 nitrogen and oxygen atoms in total. The van der Waals surface area contributed by atoms with Crippen molar-refractivity contribution in [3.63, 3.8) is 0 Å². The highest BCUT2D eigenvalue weighted by Crippen LogP contribution is 2.19. The van der Waals surface area contributed by atoms with Crippen LogP contribution in [0.1, 0.15) is 50.0 Å². The van der Waals surface area contributed by atoms with Crippen LogP contribution in [0.4, 0.5) is 0 Å². The molecule has 136 valence electrons. The molecule has 25 heavy (non-hydrogen) atoms. The molecule has 1 aromatic carbocycles. The predicted octanol–water partition coefficient (Wildman–Crippen LogP) is 1.73. The number of nitrogens with one attached hydrogen (secondary N) is 1. The van der Waals surface area contributed by atoms with Gasteiger partial charge in [0.25, 0.3) is 0 Å². The number of hydrogen-bond donors (Lipinski definition) is 2. The lowest BCUT2D eigenvalue weighted by atomic mass is 9.89. The molecular weight excluding hydrogens is 326 g/mol. The van der Waals surface area contributed by atoms with E-state index in [4.69, 9.17) is 4.74 Å². The van der Waals surface area contributed by atoms with E-state index in [1.165, 1.54) is 19.1 Å². The van der Waals surface area contributed by atoms with E-state index in [9.17, 15) is 24.3 Å². The van der Waals surface area contributed by atoms with Crippen molar-refractivity contribution in [1.82, 2.24) is 5.32 Å². The number of ketones is 1. The number of ether oxygens (including phenoxy) is 1. The zero-order valence-electron chi connectivity index (χ0n) is 14.8. The highest BCUT2D eigenvalue weighted by Gasteiger charge is 2.49. The first kappa shape index (κ1) is 20.3. The molecule has 0 aliphatic rings. The number of carboxylic acid groups (broad SMARTS) is 1. The summed E-state index contributed by atoms with van der Waals surface area (Å²) in [5.41, 5.74) is -1.29. The van der Waals surface area contributed by atoms with Gasteiger partial charge in [0.05, 0.1) is 6.10 Å². The van der Waals surface area contributed by atoms with E-state index in [0.29, 0.717) is 17.5 Å². The maximum Gasteiger partial charge on any atom is 0.344 e. The number of rotatable bonds is 8. The van der Waals surface area contributed by atoms with Crippen LogP contribution in [-0.4, -0.2) is 40.4 Å². The fourth-order valence-corrected chi connectivity index (χ4v) is 2.21. The molecule has 0 aliphatic carbocycles. The first-order valence-electron chi connectivity index (χ1n) is 7.95. The Morgan fingerprint density at radius 3 is 2.12 bits per heavy atom. The van der Waals surface area contributed by atoms with E-state index in [2.05, 4.69) is 5.32 Å². The molecule has 0 heterocycles. The van der Waals surface area contributed by atoms with Gasteiger partial charge in [0.2, 0.25) is 11.4 Å². The van der Waals surface area contributed by atoms with Crippen LogP contribution in [0.15, 0.2) is 24.3 Å². The van der Waals surface area contributed by atoms with Crippen molar-refractivity contribution in [3.8, 4) is 0 Å². The Hall–Kier alpha value is -2.70. The largest absolute Gasteiger partial charge is 0.479 e. The summed E-state index contributed by atoms with van der Waals surface area (Å²) < 4.78 is 5.17. The molecule has 1 rings (SSSR count). The first-order chi connectivity index (χ1) is 11.6. The number of benzene rings is 1. The lowest BCUT2D eigenvalue weighted by Gasteiger charge is -2.29. The smallest absolute Gasteiger partial charge is 0.344 e. The molecular formula is C18H23NO6. The lowest BCUT2D eigenvalue weighted by molar-refractivity contribution is -0.168. The molecule has 2 unspecified atom stereocenters. The zero-order chi connectivity index (χ0) is 19.2. The maximum absolute atomic E-state index is 12.5. The summed E-state index contributed by atoms with van der Waals surface area (Å²) in [4.78, 5) is 47.3. The topological polar surface area (TPSA) is 110 Å². The third kappa shape index (κ3) is 5.14. The minimum Gasteiger partial charge on any atom is -0.479 e. The van der Waals surface area contributed by atoms with Crippen LogP contribution < -0.4 is 5.32 Å². The van der Waals surface area contributed by atoms with Crippen LogP contribution >= 0.6 is 0 Å². The first-order valence-corrected chi connectivity index (χ1v) is 7.95. The number of Topliss-reactive ketones (excluding diaryl/α,β-unsaturated/α-hetero) is 1. The predicted molar refractivity (Wildman–Crippen MR) is 90.2 cm³/mol. The van der Waals surface area contributed by atoms with Crippen molar-refractivity contribution in [3.05, 3.63) is 35.4 Å². The normalized spacial score (nSPS) is 14.1. The molecule has 7 heteroatoms. The average molecular weight is 349 g/mol. The monoisotopic (exact) mass is 349 g/mol. The molecule has 0 radical (unpaired) electrons. The van der Waals surface area contributed by atoms with E-state index in [1.807, 2.05) is 0 Å². The zero-order valence-corrected chi connectivity index (χ0v) is 14.8. The second kappa shape index (κ2) is 8.41. The van der Waals surface area contributed by atoms with E-state index >= 15 is 0 Å². The quantitative estimate of drug-likeness (QED) is 0.420. The Labute approximate surface area is 146 Å². The Morgan fingerprint density at radius 1 is 1.16 bits per heavy atom. The minimum atomic E-state index is -2.23. The summed E-state index contributed by atoms with van der Waals surface area (Å²) in [6.45, 7) is 5.98. The van der Waals surface area contributed by atoms with Gasteiger partial charge in [0, 0.05) is 18.9 Å². The highest BCUT2D eigenvalue weighted by atomic mass is 16.5. The fraction of sp³-hybridized carbons (Fsp3) is 0.444. The summed E-state index contributed by atoms with van der Waals surface area (Å²) in [5.74, 6) is -3.33. The molecule has 0 aromatic heterocycles. The van der Waals surface area contributed by atoms with Gasteiger partial charge in [-0.3, -0.25) is 9.59 Å². The molecule has 0 bridgehead atoms. The van der Waals surface area contributed by atoms with Crippen LogP contribution in [0, 0.1) is 0 Å². The summed E-state index contributed by atoms with van der Waals surface area (Å²) in [7, 11) is 0. The molecule has 0 saturated carbocycles. The van der Waals surface area contributed by atoms with Crippen LogP contribution in [0.3, 0.4) is 0 Å². The van der Waals surface area contributed by atoms with Gasteiger partial charge in [-0.1, -0.05) is 31.2 Å². The van der Waals surface area contributed by atoms with E-state index in [-0.39, 0.29) is 12.2 Å². The summed E-state index contributed by atoms with van der Waals surface area (Å²) >= 11 is 0. The van der Waals surface area contributed by atoms with Crippen LogP contribution in [0.5, 0.6) is 0 Å². The summed E-state index contributed by atoms with van der Waals surface area (Å²) in [6, 6.07) is 6.18. The number of carboxylic acids is 1. The third-order valence-electron chi connectivity index (χ3n) is 3.82. The average Bonchev–Trinajstić information content (AvgIpc) is 2.53. The Bertz CT molecular complexity index is 667. The van der Waals surface area contributed by atoms with Gasteiger partial charge in [0.15, 0.2) is 5.78 Å². The van der Waals surface area contributed by atoms with E-state index in [1.54, 1.807) is 26.0 Å². The van der Waals surface area contributed by atoms with E-state index in [0.717, 1.165) is 6.92 Å². The maximum atomic E-state index is 12.5. The SMILES string of the molecule is CCC(C)OC(=O)C(Cc1ccc(C(C)=O)cc1)(NC(C)=O)C(=O)O. The minimum absolute atomic E-state index is 0.130. The molecule has 2 N–H and O–H groups in total. The van der Waals surface area contributed by atoms with Crippen LogP contribution in [0.2, 0.25) is 0 Å². The van der Waals surface area contributed by atoms with Gasteiger partial charge < -0.3 is 15.2 Å². The summed E-state index contributed by atoms with van der Waals surface area (Å²) in [6.07, 6.45) is -0.274. The lowest BCUT2D eigenvalue weighted by Crippen LogP contribution is -2.62. The van der Waals surface area contributed by atoms with E-state index < -0.39 is 29.5 Å². The standard InChI is InChI=1S/C18H23NO6/c1-5-11(2)25-17(24)18(16(22)23,19-13(4)21)10-14-6-8-15(9-7-14)12(3)20/h6-9,11H,5,10H2,1-4H3,(H,19,21)(H,22,23). The van der Waals surface area contributed by atoms with Crippen molar-refractivity contribution in [2.75, 3.05) is 0 Å². The highest BCUT2D eigenvalue weighted by molar-refractivity contribution is 6.07. The van der Waals surface area contributed by atoms with Gasteiger partial charge in [-0.2, -0.15) is 0 Å². The Kier molecular flexibility index (Phi) is 6.85. The Morgan fingerprint density at radius 2 is 1.72 bits per heavy atom. The van der Waals surface area contributed by atoms with Gasteiger partial charge >= 0.3 is 11.9 Å². The molecule has 0 saturated heterocycles. The molecule has 1 amide bonds. The molecule has 0 spiro atoms. The van der Waals surface area contributed by atoms with Crippen LogP contribution in [0.25, 0.3) is 0 Å². The molecule has 2 atom stereocenters. The van der Waals surface area contributed by atoms with Gasteiger partial charge in [-0.15, -0.1) is 0 Å². The van der Waals surface area contributed by atoms with Crippen molar-refractivity contribution in [2.45, 2.75) is 52.2 Å². The second-order valence-electron chi connectivity index (χ2n) is 5.95.